The maximum absolute atomic E-state index is 12.3. The Morgan fingerprint density at radius 1 is 1.21 bits per heavy atom. The van der Waals surface area contributed by atoms with Gasteiger partial charge in [-0.2, -0.15) is 0 Å². The van der Waals surface area contributed by atoms with Crippen LogP contribution in [0.3, 0.4) is 0 Å². The van der Waals surface area contributed by atoms with Crippen LogP contribution in [-0.4, -0.2) is 17.9 Å². The predicted octanol–water partition coefficient (Wildman–Crippen LogP) is 3.19. The van der Waals surface area contributed by atoms with Crippen molar-refractivity contribution in [1.82, 2.24) is 4.90 Å². The largest absolute Gasteiger partial charge is 0.398 e. The number of hydrogen-bond acceptors (Lipinski definition) is 2. The van der Waals surface area contributed by atoms with Crippen LogP contribution in [0.2, 0.25) is 5.02 Å². The summed E-state index contributed by atoms with van der Waals surface area (Å²) in [5.74, 6) is -0.113. The summed E-state index contributed by atoms with van der Waals surface area (Å²) in [6.07, 6.45) is 0. The fourth-order valence-corrected chi connectivity index (χ4v) is 2.04. The average Bonchev–Trinajstić information content (AvgIpc) is 2.39. The van der Waals surface area contributed by atoms with Crippen molar-refractivity contribution in [2.75, 3.05) is 12.8 Å². The summed E-state index contributed by atoms with van der Waals surface area (Å²) < 4.78 is 0. The van der Waals surface area contributed by atoms with Gasteiger partial charge in [-0.1, -0.05) is 41.9 Å². The van der Waals surface area contributed by atoms with Gasteiger partial charge < -0.3 is 10.6 Å². The lowest BCUT2D eigenvalue weighted by Crippen LogP contribution is -2.26. The molecule has 2 N–H and O–H groups in total. The molecule has 2 aromatic carbocycles. The second-order valence-corrected chi connectivity index (χ2v) is 4.81. The Labute approximate surface area is 117 Å². The van der Waals surface area contributed by atoms with Gasteiger partial charge in [0, 0.05) is 24.3 Å². The molecule has 0 atom stereocenters. The SMILES string of the molecule is CN(Cc1ccccc1)C(=O)c1ccc(Cl)cc1N. The highest BCUT2D eigenvalue weighted by Crippen LogP contribution is 2.19. The summed E-state index contributed by atoms with van der Waals surface area (Å²) in [6, 6.07) is 14.7. The van der Waals surface area contributed by atoms with Crippen LogP contribution < -0.4 is 5.73 Å². The number of carbonyl (C=O) groups is 1. The summed E-state index contributed by atoms with van der Waals surface area (Å²) in [6.45, 7) is 0.543. The zero-order valence-corrected chi connectivity index (χ0v) is 11.4. The van der Waals surface area contributed by atoms with E-state index in [9.17, 15) is 4.79 Å². The molecule has 0 spiro atoms. The van der Waals surface area contributed by atoms with Crippen LogP contribution in [0.5, 0.6) is 0 Å². The number of nitrogen functional groups attached to an aromatic ring is 1. The van der Waals surface area contributed by atoms with E-state index in [1.165, 1.54) is 0 Å². The van der Waals surface area contributed by atoms with Gasteiger partial charge in [-0.25, -0.2) is 0 Å². The third kappa shape index (κ3) is 3.26. The van der Waals surface area contributed by atoms with Crippen LogP contribution in [0.4, 0.5) is 5.69 Å². The van der Waals surface area contributed by atoms with Crippen molar-refractivity contribution >= 4 is 23.2 Å². The number of benzene rings is 2. The molecule has 0 aliphatic carbocycles. The van der Waals surface area contributed by atoms with Gasteiger partial charge in [0.2, 0.25) is 0 Å². The molecule has 0 unspecified atom stereocenters. The first-order chi connectivity index (χ1) is 9.08. The van der Waals surface area contributed by atoms with Gasteiger partial charge in [0.25, 0.3) is 5.91 Å². The number of hydrogen-bond donors (Lipinski definition) is 1. The standard InChI is InChI=1S/C15H15ClN2O/c1-18(10-11-5-3-2-4-6-11)15(19)13-8-7-12(16)9-14(13)17/h2-9H,10,17H2,1H3. The second-order valence-electron chi connectivity index (χ2n) is 4.38. The van der Waals surface area contributed by atoms with E-state index in [4.69, 9.17) is 17.3 Å². The van der Waals surface area contributed by atoms with Crippen molar-refractivity contribution in [1.29, 1.82) is 0 Å². The lowest BCUT2D eigenvalue weighted by atomic mass is 10.1. The zero-order valence-electron chi connectivity index (χ0n) is 10.6. The number of nitrogens with zero attached hydrogens (tertiary/aromatic N) is 1. The minimum Gasteiger partial charge on any atom is -0.398 e. The van der Waals surface area contributed by atoms with Gasteiger partial charge >= 0.3 is 0 Å². The Balaban J connectivity index is 2.15. The van der Waals surface area contributed by atoms with Crippen molar-refractivity contribution in [2.45, 2.75) is 6.54 Å². The molecule has 0 saturated heterocycles. The molecular weight excluding hydrogens is 260 g/mol. The molecule has 19 heavy (non-hydrogen) atoms. The van der Waals surface area contributed by atoms with Crippen molar-refractivity contribution in [3.8, 4) is 0 Å². The summed E-state index contributed by atoms with van der Waals surface area (Å²) in [5, 5.41) is 0.528. The molecule has 0 heterocycles. The third-order valence-corrected chi connectivity index (χ3v) is 3.09. The lowest BCUT2D eigenvalue weighted by molar-refractivity contribution is 0.0786. The van der Waals surface area contributed by atoms with Crippen LogP contribution in [0, 0.1) is 0 Å². The monoisotopic (exact) mass is 274 g/mol. The minimum atomic E-state index is -0.113. The summed E-state index contributed by atoms with van der Waals surface area (Å²) in [4.78, 5) is 13.9. The zero-order chi connectivity index (χ0) is 13.8. The van der Waals surface area contributed by atoms with Crippen LogP contribution in [-0.2, 0) is 6.54 Å². The van der Waals surface area contributed by atoms with Crippen molar-refractivity contribution in [3.05, 3.63) is 64.7 Å². The van der Waals surface area contributed by atoms with E-state index in [1.807, 2.05) is 30.3 Å². The van der Waals surface area contributed by atoms with Crippen molar-refractivity contribution in [2.24, 2.45) is 0 Å². The highest BCUT2D eigenvalue weighted by molar-refractivity contribution is 6.31. The molecular formula is C15H15ClN2O. The number of halogens is 1. The van der Waals surface area contributed by atoms with E-state index in [2.05, 4.69) is 0 Å². The number of carbonyl (C=O) groups excluding carboxylic acids is 1. The second kappa shape index (κ2) is 5.76. The predicted molar refractivity (Wildman–Crippen MR) is 78.1 cm³/mol. The average molecular weight is 275 g/mol. The van der Waals surface area contributed by atoms with E-state index < -0.39 is 0 Å². The van der Waals surface area contributed by atoms with Crippen LogP contribution in [0.25, 0.3) is 0 Å². The molecule has 0 radical (unpaired) electrons. The van der Waals surface area contributed by atoms with Gasteiger partial charge in [-0.3, -0.25) is 4.79 Å². The Morgan fingerprint density at radius 3 is 2.53 bits per heavy atom. The van der Waals surface area contributed by atoms with E-state index in [-0.39, 0.29) is 5.91 Å². The summed E-state index contributed by atoms with van der Waals surface area (Å²) >= 11 is 5.83. The van der Waals surface area contributed by atoms with E-state index >= 15 is 0 Å². The Hall–Kier alpha value is -2.00. The molecule has 0 fully saturated rings. The Kier molecular flexibility index (Phi) is 4.07. The molecule has 1 amide bonds. The highest BCUT2D eigenvalue weighted by atomic mass is 35.5. The fraction of sp³-hybridized carbons (Fsp3) is 0.133. The van der Waals surface area contributed by atoms with Gasteiger partial charge in [0.05, 0.1) is 5.56 Å². The molecule has 4 heteroatoms. The molecule has 3 nitrogen and oxygen atoms in total. The first-order valence-corrected chi connectivity index (χ1v) is 6.30. The molecule has 2 rings (SSSR count). The van der Waals surface area contributed by atoms with E-state index in [1.54, 1.807) is 30.1 Å². The highest BCUT2D eigenvalue weighted by Gasteiger charge is 2.14. The topological polar surface area (TPSA) is 46.3 Å². The quantitative estimate of drug-likeness (QED) is 0.874. The maximum atomic E-state index is 12.3. The maximum Gasteiger partial charge on any atom is 0.255 e. The van der Waals surface area contributed by atoms with Crippen LogP contribution in [0.1, 0.15) is 15.9 Å². The summed E-state index contributed by atoms with van der Waals surface area (Å²) in [5.41, 5.74) is 7.77. The first kappa shape index (κ1) is 13.4. The van der Waals surface area contributed by atoms with Gasteiger partial charge in [-0.05, 0) is 23.8 Å². The lowest BCUT2D eigenvalue weighted by Gasteiger charge is -2.18. The Bertz CT molecular complexity index is 584. The fourth-order valence-electron chi connectivity index (χ4n) is 1.86. The number of rotatable bonds is 3. The number of nitrogens with two attached hydrogens (primary N) is 1. The normalized spacial score (nSPS) is 10.2. The van der Waals surface area contributed by atoms with Crippen LogP contribution >= 0.6 is 11.6 Å². The van der Waals surface area contributed by atoms with Crippen LogP contribution in [0.15, 0.2) is 48.5 Å². The number of anilines is 1. The molecule has 0 aromatic heterocycles. The van der Waals surface area contributed by atoms with E-state index in [0.29, 0.717) is 22.8 Å². The minimum absolute atomic E-state index is 0.113. The Morgan fingerprint density at radius 2 is 1.89 bits per heavy atom. The van der Waals surface area contributed by atoms with Gasteiger partial charge in [0.15, 0.2) is 0 Å². The molecule has 0 aliphatic heterocycles. The molecule has 0 aliphatic rings. The molecule has 0 saturated carbocycles. The smallest absolute Gasteiger partial charge is 0.255 e. The molecule has 2 aromatic rings. The van der Waals surface area contributed by atoms with Gasteiger partial charge in [0.1, 0.15) is 0 Å². The first-order valence-electron chi connectivity index (χ1n) is 5.92. The molecule has 0 bridgehead atoms. The summed E-state index contributed by atoms with van der Waals surface area (Å²) in [7, 11) is 1.75. The number of amides is 1. The van der Waals surface area contributed by atoms with Crippen molar-refractivity contribution < 1.29 is 4.79 Å². The van der Waals surface area contributed by atoms with Gasteiger partial charge in [-0.15, -0.1) is 0 Å². The third-order valence-electron chi connectivity index (χ3n) is 2.85. The van der Waals surface area contributed by atoms with Crippen molar-refractivity contribution in [3.63, 3.8) is 0 Å². The van der Waals surface area contributed by atoms with E-state index in [0.717, 1.165) is 5.56 Å². The molecule has 98 valence electrons.